The van der Waals surface area contributed by atoms with E-state index in [1.165, 1.54) is 24.3 Å². The molecule has 6 nitrogen and oxygen atoms in total. The third kappa shape index (κ3) is 6.09. The Balaban J connectivity index is 1.44. The van der Waals surface area contributed by atoms with E-state index < -0.39 is 0 Å². The molecule has 156 valence electrons. The van der Waals surface area contributed by atoms with Crippen LogP contribution in [0.1, 0.15) is 23.7 Å². The summed E-state index contributed by atoms with van der Waals surface area (Å²) in [5.74, 6) is 1.50. The monoisotopic (exact) mass is 402 g/mol. The third-order valence-electron chi connectivity index (χ3n) is 4.55. The summed E-state index contributed by atoms with van der Waals surface area (Å²) in [5, 5.41) is 2.88. The summed E-state index contributed by atoms with van der Waals surface area (Å²) >= 11 is 0. The smallest absolute Gasteiger partial charge is 0.251 e. The summed E-state index contributed by atoms with van der Waals surface area (Å²) in [5.41, 5.74) is 0.452. The van der Waals surface area contributed by atoms with Crippen molar-refractivity contribution in [3.63, 3.8) is 0 Å². The van der Waals surface area contributed by atoms with Crippen molar-refractivity contribution in [3.05, 3.63) is 53.8 Å². The van der Waals surface area contributed by atoms with Crippen LogP contribution in [-0.2, 0) is 0 Å². The van der Waals surface area contributed by atoms with Crippen molar-refractivity contribution in [1.29, 1.82) is 0 Å². The number of rotatable bonds is 10. The van der Waals surface area contributed by atoms with E-state index in [2.05, 4.69) is 17.1 Å². The second kappa shape index (κ2) is 10.7. The van der Waals surface area contributed by atoms with E-state index in [0.29, 0.717) is 55.7 Å². The van der Waals surface area contributed by atoms with Gasteiger partial charge in [0.15, 0.2) is 11.5 Å². The van der Waals surface area contributed by atoms with Crippen molar-refractivity contribution < 1.29 is 23.4 Å². The van der Waals surface area contributed by atoms with Gasteiger partial charge in [-0.15, -0.1) is 0 Å². The first kappa shape index (κ1) is 20.9. The first-order valence-corrected chi connectivity index (χ1v) is 9.95. The Morgan fingerprint density at radius 1 is 1.10 bits per heavy atom. The van der Waals surface area contributed by atoms with Crippen molar-refractivity contribution in [3.8, 4) is 17.2 Å². The minimum absolute atomic E-state index is 0.203. The maximum absolute atomic E-state index is 13.0. The highest BCUT2D eigenvalue weighted by molar-refractivity contribution is 5.94. The van der Waals surface area contributed by atoms with E-state index in [-0.39, 0.29) is 11.7 Å². The average molecular weight is 402 g/mol. The first-order chi connectivity index (χ1) is 14.2. The van der Waals surface area contributed by atoms with E-state index in [4.69, 9.17) is 14.2 Å². The molecule has 0 aromatic heterocycles. The molecule has 1 N–H and O–H groups in total. The highest BCUT2D eigenvalue weighted by Gasteiger charge is 2.17. The Labute approximate surface area is 170 Å². The number of carbonyl (C=O) groups is 1. The first-order valence-electron chi connectivity index (χ1n) is 9.95. The molecule has 0 unspecified atom stereocenters. The normalized spacial score (nSPS) is 12.7. The fourth-order valence-electron chi connectivity index (χ4n) is 3.13. The second-order valence-electron chi connectivity index (χ2n) is 6.73. The Hall–Kier alpha value is -2.80. The van der Waals surface area contributed by atoms with Crippen molar-refractivity contribution in [2.75, 3.05) is 46.0 Å². The second-order valence-corrected chi connectivity index (χ2v) is 6.73. The van der Waals surface area contributed by atoms with Crippen LogP contribution < -0.4 is 19.5 Å². The molecule has 0 saturated heterocycles. The molecule has 0 radical (unpaired) electrons. The predicted octanol–water partition coefficient (Wildman–Crippen LogP) is 3.12. The molecule has 29 heavy (non-hydrogen) atoms. The summed E-state index contributed by atoms with van der Waals surface area (Å²) < 4.78 is 30.1. The molecule has 1 aliphatic heterocycles. The lowest BCUT2D eigenvalue weighted by molar-refractivity contribution is 0.0947. The Morgan fingerprint density at radius 3 is 2.69 bits per heavy atom. The molecule has 1 aliphatic rings. The number of fused-ring (bicyclic) bond motifs is 1. The lowest BCUT2D eigenvalue weighted by Gasteiger charge is -2.23. The van der Waals surface area contributed by atoms with Crippen LogP contribution in [-0.4, -0.2) is 56.8 Å². The summed E-state index contributed by atoms with van der Waals surface area (Å²) in [6, 6.07) is 11.2. The number of nitrogens with zero attached hydrogens (tertiary/aromatic N) is 1. The molecule has 1 amide bonds. The summed E-state index contributed by atoms with van der Waals surface area (Å²) in [4.78, 5) is 14.4. The summed E-state index contributed by atoms with van der Waals surface area (Å²) in [7, 11) is 0. The van der Waals surface area contributed by atoms with E-state index in [1.54, 1.807) is 0 Å². The Bertz CT molecular complexity index is 798. The molecule has 7 heteroatoms. The van der Waals surface area contributed by atoms with Gasteiger partial charge in [0, 0.05) is 25.2 Å². The topological polar surface area (TPSA) is 60.0 Å². The number of halogens is 1. The molecule has 2 aromatic rings. The zero-order valence-corrected chi connectivity index (χ0v) is 16.7. The standard InChI is InChI=1S/C22H27FN2O4/c1-2-11-25(12-10-24-22(26)17-6-8-18(23)9-7-17)13-14-27-19-4-3-5-20-21(19)29-16-15-28-20/h3-9H,2,10-16H2,1H3,(H,24,26). The molecule has 3 rings (SSSR count). The number of ether oxygens (including phenoxy) is 3. The zero-order valence-electron chi connectivity index (χ0n) is 16.7. The highest BCUT2D eigenvalue weighted by Crippen LogP contribution is 2.38. The maximum atomic E-state index is 13.0. The molecule has 1 heterocycles. The fraction of sp³-hybridized carbons (Fsp3) is 0.409. The highest BCUT2D eigenvalue weighted by atomic mass is 19.1. The number of hydrogen-bond acceptors (Lipinski definition) is 5. The summed E-state index contributed by atoms with van der Waals surface area (Å²) in [6.07, 6.45) is 1.00. The Morgan fingerprint density at radius 2 is 1.90 bits per heavy atom. The maximum Gasteiger partial charge on any atom is 0.251 e. The number of benzene rings is 2. The summed E-state index contributed by atoms with van der Waals surface area (Å²) in [6.45, 7) is 6.53. The van der Waals surface area contributed by atoms with Crippen molar-refractivity contribution in [1.82, 2.24) is 10.2 Å². The molecule has 2 aromatic carbocycles. The van der Waals surface area contributed by atoms with Gasteiger partial charge in [0.2, 0.25) is 5.75 Å². The largest absolute Gasteiger partial charge is 0.488 e. The van der Waals surface area contributed by atoms with Crippen LogP contribution in [0.15, 0.2) is 42.5 Å². The number of hydrogen-bond donors (Lipinski definition) is 1. The van der Waals surface area contributed by atoms with Crippen LogP contribution in [0.5, 0.6) is 17.2 Å². The van der Waals surface area contributed by atoms with Crippen molar-refractivity contribution >= 4 is 5.91 Å². The molecular formula is C22H27FN2O4. The van der Waals surface area contributed by atoms with Gasteiger partial charge in [-0.25, -0.2) is 4.39 Å². The van der Waals surface area contributed by atoms with Crippen LogP contribution >= 0.6 is 0 Å². The zero-order chi connectivity index (χ0) is 20.5. The van der Waals surface area contributed by atoms with Crippen LogP contribution in [0.4, 0.5) is 4.39 Å². The van der Waals surface area contributed by atoms with Crippen molar-refractivity contribution in [2.24, 2.45) is 0 Å². The van der Waals surface area contributed by atoms with E-state index in [0.717, 1.165) is 19.5 Å². The van der Waals surface area contributed by atoms with Crippen molar-refractivity contribution in [2.45, 2.75) is 13.3 Å². The van der Waals surface area contributed by atoms with Gasteiger partial charge in [-0.3, -0.25) is 9.69 Å². The lowest BCUT2D eigenvalue weighted by Crippen LogP contribution is -2.37. The van der Waals surface area contributed by atoms with E-state index in [9.17, 15) is 9.18 Å². The van der Waals surface area contributed by atoms with Crippen LogP contribution in [0.3, 0.4) is 0 Å². The third-order valence-corrected chi connectivity index (χ3v) is 4.55. The van der Waals surface area contributed by atoms with Gasteiger partial charge in [0.25, 0.3) is 5.91 Å². The minimum atomic E-state index is -0.354. The number of amides is 1. The lowest BCUT2D eigenvalue weighted by atomic mass is 10.2. The molecule has 0 atom stereocenters. The van der Waals surface area contributed by atoms with E-state index >= 15 is 0 Å². The van der Waals surface area contributed by atoms with Crippen LogP contribution in [0.25, 0.3) is 0 Å². The number of para-hydroxylation sites is 1. The van der Waals surface area contributed by atoms with Gasteiger partial charge in [0.1, 0.15) is 25.6 Å². The van der Waals surface area contributed by atoms with Gasteiger partial charge in [0.05, 0.1) is 0 Å². The predicted molar refractivity (Wildman–Crippen MR) is 108 cm³/mol. The molecular weight excluding hydrogens is 375 g/mol. The molecule has 0 fully saturated rings. The minimum Gasteiger partial charge on any atom is -0.488 e. The number of nitrogens with one attached hydrogen (secondary N) is 1. The Kier molecular flexibility index (Phi) is 7.69. The van der Waals surface area contributed by atoms with Gasteiger partial charge >= 0.3 is 0 Å². The number of carbonyl (C=O) groups excluding carboxylic acids is 1. The molecule has 0 saturated carbocycles. The van der Waals surface area contributed by atoms with Gasteiger partial charge in [-0.2, -0.15) is 0 Å². The van der Waals surface area contributed by atoms with Crippen LogP contribution in [0.2, 0.25) is 0 Å². The fourth-order valence-corrected chi connectivity index (χ4v) is 3.13. The quantitative estimate of drug-likeness (QED) is 0.662. The van der Waals surface area contributed by atoms with E-state index in [1.807, 2.05) is 18.2 Å². The van der Waals surface area contributed by atoms with Gasteiger partial charge < -0.3 is 19.5 Å². The van der Waals surface area contributed by atoms with Crippen LogP contribution in [0, 0.1) is 5.82 Å². The molecule has 0 spiro atoms. The van der Waals surface area contributed by atoms with Gasteiger partial charge in [-0.1, -0.05) is 13.0 Å². The SMILES string of the molecule is CCCN(CCNC(=O)c1ccc(F)cc1)CCOc1cccc2c1OCCO2. The average Bonchev–Trinajstić information content (AvgIpc) is 2.74. The molecule has 0 aliphatic carbocycles. The molecule has 0 bridgehead atoms. The van der Waals surface area contributed by atoms with Gasteiger partial charge in [-0.05, 0) is 49.4 Å².